The Labute approximate surface area is 149 Å². The lowest BCUT2D eigenvalue weighted by atomic mass is 10.2. The van der Waals surface area contributed by atoms with Crippen LogP contribution in [0.5, 0.6) is 0 Å². The van der Waals surface area contributed by atoms with E-state index in [0.29, 0.717) is 22.9 Å². The van der Waals surface area contributed by atoms with Crippen LogP contribution in [0.4, 0.5) is 10.1 Å². The Morgan fingerprint density at radius 2 is 2.20 bits per heavy atom. The number of aromatic nitrogens is 4. The van der Waals surface area contributed by atoms with Gasteiger partial charge in [-0.05, 0) is 31.5 Å². The van der Waals surface area contributed by atoms with E-state index in [2.05, 4.69) is 15.5 Å². The molecule has 0 aliphatic rings. The Kier molecular flexibility index (Phi) is 4.85. The van der Waals surface area contributed by atoms with E-state index in [9.17, 15) is 9.18 Å². The summed E-state index contributed by atoms with van der Waals surface area (Å²) >= 11 is 5.97. The fraction of sp³-hybridized carbons (Fsp3) is 0.235. The van der Waals surface area contributed by atoms with Gasteiger partial charge in [-0.15, -0.1) is 0 Å². The van der Waals surface area contributed by atoms with Crippen LogP contribution in [0.1, 0.15) is 24.2 Å². The highest BCUT2D eigenvalue weighted by Crippen LogP contribution is 2.17. The van der Waals surface area contributed by atoms with Gasteiger partial charge in [0.05, 0.1) is 29.1 Å². The van der Waals surface area contributed by atoms with Crippen molar-refractivity contribution in [2.75, 3.05) is 5.32 Å². The lowest BCUT2D eigenvalue weighted by molar-refractivity contribution is -0.119. The number of halogens is 2. The summed E-state index contributed by atoms with van der Waals surface area (Å²) in [6.45, 7) is 3.92. The van der Waals surface area contributed by atoms with E-state index >= 15 is 0 Å². The normalized spacial score (nSPS) is 12.2. The summed E-state index contributed by atoms with van der Waals surface area (Å²) in [6.07, 6.45) is 4.86. The maximum Gasteiger partial charge on any atom is 0.249 e. The molecule has 0 bridgehead atoms. The first-order valence-corrected chi connectivity index (χ1v) is 8.09. The zero-order valence-corrected chi connectivity index (χ0v) is 14.5. The molecule has 25 heavy (non-hydrogen) atoms. The molecule has 0 fully saturated rings. The van der Waals surface area contributed by atoms with Gasteiger partial charge in [0.1, 0.15) is 11.9 Å². The van der Waals surface area contributed by atoms with E-state index in [-0.39, 0.29) is 11.7 Å². The topological polar surface area (TPSA) is 64.7 Å². The first kappa shape index (κ1) is 17.2. The van der Waals surface area contributed by atoms with E-state index in [4.69, 9.17) is 11.6 Å². The molecule has 6 nitrogen and oxygen atoms in total. The summed E-state index contributed by atoms with van der Waals surface area (Å²) in [5.74, 6) is -0.523. The lowest BCUT2D eigenvalue weighted by Gasteiger charge is -2.11. The summed E-state index contributed by atoms with van der Waals surface area (Å²) in [6, 6.07) is 5.79. The SMILES string of the molecule is Cc1nn(C(C)C(=O)Nc2cnn(Cc3cccc(F)c3)c2)cc1Cl. The van der Waals surface area contributed by atoms with Crippen molar-refractivity contribution < 1.29 is 9.18 Å². The smallest absolute Gasteiger partial charge is 0.249 e. The third-order valence-electron chi connectivity index (χ3n) is 3.77. The highest BCUT2D eigenvalue weighted by atomic mass is 35.5. The fourth-order valence-electron chi connectivity index (χ4n) is 2.36. The molecule has 0 saturated carbocycles. The van der Waals surface area contributed by atoms with Crippen LogP contribution in [0.2, 0.25) is 5.02 Å². The van der Waals surface area contributed by atoms with Crippen LogP contribution in [0.25, 0.3) is 0 Å². The van der Waals surface area contributed by atoms with Gasteiger partial charge in [-0.2, -0.15) is 10.2 Å². The molecule has 1 amide bonds. The average molecular weight is 362 g/mol. The monoisotopic (exact) mass is 361 g/mol. The van der Waals surface area contributed by atoms with Crippen molar-refractivity contribution in [1.29, 1.82) is 0 Å². The minimum absolute atomic E-state index is 0.232. The minimum atomic E-state index is -0.516. The summed E-state index contributed by atoms with van der Waals surface area (Å²) in [7, 11) is 0. The van der Waals surface area contributed by atoms with Crippen LogP contribution < -0.4 is 5.32 Å². The van der Waals surface area contributed by atoms with Crippen molar-refractivity contribution in [1.82, 2.24) is 19.6 Å². The van der Waals surface area contributed by atoms with Crippen molar-refractivity contribution in [3.63, 3.8) is 0 Å². The van der Waals surface area contributed by atoms with Gasteiger partial charge in [0.2, 0.25) is 5.91 Å². The molecular weight excluding hydrogens is 345 g/mol. The zero-order valence-electron chi connectivity index (χ0n) is 13.8. The molecule has 1 aromatic carbocycles. The van der Waals surface area contributed by atoms with Crippen LogP contribution in [0, 0.1) is 12.7 Å². The number of carbonyl (C=O) groups is 1. The second kappa shape index (κ2) is 7.06. The quantitative estimate of drug-likeness (QED) is 0.757. The molecule has 2 aromatic heterocycles. The molecule has 0 spiro atoms. The lowest BCUT2D eigenvalue weighted by Crippen LogP contribution is -2.23. The molecule has 3 rings (SSSR count). The molecule has 1 N–H and O–H groups in total. The van der Waals surface area contributed by atoms with Crippen LogP contribution in [-0.4, -0.2) is 25.5 Å². The molecule has 2 heterocycles. The van der Waals surface area contributed by atoms with Gasteiger partial charge in [-0.25, -0.2) is 4.39 Å². The van der Waals surface area contributed by atoms with E-state index in [1.165, 1.54) is 16.8 Å². The van der Waals surface area contributed by atoms with Crippen molar-refractivity contribution >= 4 is 23.2 Å². The largest absolute Gasteiger partial charge is 0.322 e. The number of anilines is 1. The molecule has 3 aromatic rings. The minimum Gasteiger partial charge on any atom is -0.322 e. The van der Waals surface area contributed by atoms with E-state index in [0.717, 1.165) is 5.56 Å². The number of benzene rings is 1. The summed E-state index contributed by atoms with van der Waals surface area (Å²) in [5, 5.41) is 11.7. The van der Waals surface area contributed by atoms with Crippen molar-refractivity contribution in [2.24, 2.45) is 0 Å². The molecule has 0 radical (unpaired) electrons. The number of nitrogens with one attached hydrogen (secondary N) is 1. The molecule has 8 heteroatoms. The zero-order chi connectivity index (χ0) is 18.0. The predicted octanol–water partition coefficient (Wildman–Crippen LogP) is 3.43. The van der Waals surface area contributed by atoms with E-state index in [1.54, 1.807) is 43.2 Å². The Morgan fingerprint density at radius 1 is 1.40 bits per heavy atom. The summed E-state index contributed by atoms with van der Waals surface area (Å²) in [4.78, 5) is 12.3. The van der Waals surface area contributed by atoms with Crippen molar-refractivity contribution in [3.05, 3.63) is 65.0 Å². The Balaban J connectivity index is 1.65. The van der Waals surface area contributed by atoms with Gasteiger partial charge in [0.15, 0.2) is 0 Å². The van der Waals surface area contributed by atoms with Crippen LogP contribution in [0.15, 0.2) is 42.9 Å². The van der Waals surface area contributed by atoms with Crippen molar-refractivity contribution in [2.45, 2.75) is 26.4 Å². The fourth-order valence-corrected chi connectivity index (χ4v) is 2.50. The standard InChI is InChI=1S/C17H17ClFN5O/c1-11-16(18)10-24(22-11)12(2)17(25)21-15-7-20-23(9-15)8-13-4-3-5-14(19)6-13/h3-7,9-10,12H,8H2,1-2H3,(H,21,25). The third-order valence-corrected chi connectivity index (χ3v) is 4.14. The van der Waals surface area contributed by atoms with Crippen molar-refractivity contribution in [3.8, 4) is 0 Å². The average Bonchev–Trinajstić information content (AvgIpc) is 3.13. The number of hydrogen-bond acceptors (Lipinski definition) is 3. The maximum absolute atomic E-state index is 13.2. The van der Waals surface area contributed by atoms with Crippen LogP contribution in [-0.2, 0) is 11.3 Å². The van der Waals surface area contributed by atoms with Gasteiger partial charge in [-0.3, -0.25) is 14.2 Å². The molecular formula is C17H17ClFN5O. The van der Waals surface area contributed by atoms with Gasteiger partial charge in [0, 0.05) is 12.4 Å². The summed E-state index contributed by atoms with van der Waals surface area (Å²) in [5.41, 5.74) is 2.02. The second-order valence-electron chi connectivity index (χ2n) is 5.76. The highest BCUT2D eigenvalue weighted by Gasteiger charge is 2.18. The van der Waals surface area contributed by atoms with E-state index in [1.807, 2.05) is 6.07 Å². The number of amides is 1. The van der Waals surface area contributed by atoms with Gasteiger partial charge in [-0.1, -0.05) is 23.7 Å². The van der Waals surface area contributed by atoms with Gasteiger partial charge in [0.25, 0.3) is 0 Å². The predicted molar refractivity (Wildman–Crippen MR) is 93.0 cm³/mol. The molecule has 130 valence electrons. The Morgan fingerprint density at radius 3 is 2.88 bits per heavy atom. The number of rotatable bonds is 5. The molecule has 1 unspecified atom stereocenters. The van der Waals surface area contributed by atoms with Crippen LogP contribution >= 0.6 is 11.6 Å². The number of nitrogens with zero attached hydrogens (tertiary/aromatic N) is 4. The van der Waals surface area contributed by atoms with Gasteiger partial charge >= 0.3 is 0 Å². The molecule has 0 aliphatic carbocycles. The molecule has 0 aliphatic heterocycles. The maximum atomic E-state index is 13.2. The Bertz CT molecular complexity index is 885. The third kappa shape index (κ3) is 4.06. The first-order chi connectivity index (χ1) is 11.9. The number of hydrogen-bond donors (Lipinski definition) is 1. The Hall–Kier alpha value is -2.67. The second-order valence-corrected chi connectivity index (χ2v) is 6.17. The summed E-state index contributed by atoms with van der Waals surface area (Å²) < 4.78 is 16.4. The highest BCUT2D eigenvalue weighted by molar-refractivity contribution is 6.31. The van der Waals surface area contributed by atoms with Crippen LogP contribution in [0.3, 0.4) is 0 Å². The first-order valence-electron chi connectivity index (χ1n) is 7.71. The molecule has 0 saturated heterocycles. The number of carbonyl (C=O) groups excluding carboxylic acids is 1. The van der Waals surface area contributed by atoms with Gasteiger partial charge < -0.3 is 5.32 Å². The van der Waals surface area contributed by atoms with E-state index < -0.39 is 6.04 Å². The number of aryl methyl sites for hydroxylation is 1. The molecule has 1 atom stereocenters.